The first kappa shape index (κ1) is 43.9. The Kier molecular flexibility index (Phi) is 28.8. The Bertz CT molecular complexity index is 318. The fraction of sp³-hybridized carbons (Fsp3) is 0.500. The van der Waals surface area contributed by atoms with Gasteiger partial charge in [-0.3, -0.25) is 0 Å². The van der Waals surface area contributed by atoms with E-state index in [0.717, 1.165) is 0 Å². The monoisotopic (exact) mass is 555 g/mol. The summed E-state index contributed by atoms with van der Waals surface area (Å²) < 4.78 is 95.2. The van der Waals surface area contributed by atoms with Gasteiger partial charge in [0.2, 0.25) is 0 Å². The van der Waals surface area contributed by atoms with Gasteiger partial charge in [0.25, 0.3) is 0 Å². The first-order valence-corrected chi connectivity index (χ1v) is 3.73. The number of hydrogen-bond acceptors (Lipinski definition) is 3. The second kappa shape index (κ2) is 16.4. The number of halogens is 9. The third-order valence-corrected chi connectivity index (χ3v) is 0.728. The molecule has 0 atom stereocenters. The van der Waals surface area contributed by atoms with Crippen LogP contribution in [0.5, 0.6) is 0 Å². The summed E-state index contributed by atoms with van der Waals surface area (Å²) in [5.74, 6) is -8.27. The quantitative estimate of drug-likeness (QED) is 0.334. The fourth-order valence-corrected chi connectivity index (χ4v) is 0. The van der Waals surface area contributed by atoms with Gasteiger partial charge >= 0.3 is 36.4 Å². The predicted octanol–water partition coefficient (Wildman–Crippen LogP) is -0.574. The summed E-state index contributed by atoms with van der Waals surface area (Å²) in [5, 5.41) is 21.4. The summed E-state index contributed by atoms with van der Waals surface area (Å²) in [6, 6.07) is 0. The molecule has 0 amide bonds. The first-order valence-electron chi connectivity index (χ1n) is 3.73. The van der Waals surface area contributed by atoms with E-state index in [1.807, 2.05) is 0 Å². The molecule has 0 aromatic carbocycles. The van der Waals surface area contributed by atoms with Crippen molar-refractivity contribution in [1.82, 2.24) is 0 Å². The molecule has 0 rings (SSSR count). The SMILES string of the molecule is O.O.O.O=C(O)C(F)(F)F.O=C(O)C(F)(F)F.O=C(O)C(F)(F)F.[Tb]. The van der Waals surface area contributed by atoms with Crippen LogP contribution >= 0.6 is 0 Å². The molecule has 0 aliphatic heterocycles. The maximum atomic E-state index is 10.6. The smallest absolute Gasteiger partial charge is 0.475 e. The van der Waals surface area contributed by atoms with Gasteiger partial charge in [0.15, 0.2) is 0 Å². The van der Waals surface area contributed by atoms with Crippen molar-refractivity contribution in [3.8, 4) is 0 Å². The molecule has 0 unspecified atom stereocenters. The summed E-state index contributed by atoms with van der Waals surface area (Å²) in [6.45, 7) is 0. The van der Waals surface area contributed by atoms with Crippen molar-refractivity contribution in [2.75, 3.05) is 0 Å². The van der Waals surface area contributed by atoms with Crippen molar-refractivity contribution in [1.29, 1.82) is 0 Å². The second-order valence-corrected chi connectivity index (χ2v) is 2.41. The Morgan fingerprint density at radius 1 is 0.480 bits per heavy atom. The molecule has 9 N–H and O–H groups in total. The minimum absolute atomic E-state index is 0. The Labute approximate surface area is 160 Å². The molecule has 0 aromatic rings. The Morgan fingerprint density at radius 3 is 0.520 bits per heavy atom. The molecule has 159 valence electrons. The van der Waals surface area contributed by atoms with Crippen LogP contribution in [0.25, 0.3) is 0 Å². The molecule has 0 fully saturated rings. The van der Waals surface area contributed by atoms with Crippen LogP contribution in [0.3, 0.4) is 0 Å². The third-order valence-electron chi connectivity index (χ3n) is 0.728. The molecule has 0 bridgehead atoms. The summed E-state index contributed by atoms with van der Waals surface area (Å²) in [6.07, 6.45) is -15.3. The number of carboxylic acid groups (broad SMARTS) is 3. The van der Waals surface area contributed by atoms with Crippen molar-refractivity contribution < 1.29 is 124 Å². The van der Waals surface area contributed by atoms with Gasteiger partial charge < -0.3 is 31.7 Å². The van der Waals surface area contributed by atoms with Gasteiger partial charge in [-0.1, -0.05) is 0 Å². The fourth-order valence-electron chi connectivity index (χ4n) is 0. The van der Waals surface area contributed by atoms with E-state index in [0.29, 0.717) is 0 Å². The van der Waals surface area contributed by atoms with E-state index in [1.54, 1.807) is 0 Å². The van der Waals surface area contributed by atoms with Crippen molar-refractivity contribution in [3.63, 3.8) is 0 Å². The normalized spacial score (nSPS) is 9.48. The molecule has 1 radical (unpaired) electrons. The van der Waals surface area contributed by atoms with E-state index in [-0.39, 0.29) is 55.0 Å². The van der Waals surface area contributed by atoms with Crippen molar-refractivity contribution >= 4 is 17.9 Å². The first-order chi connectivity index (χ1) is 8.83. The van der Waals surface area contributed by atoms with Gasteiger partial charge in [-0.25, -0.2) is 14.4 Å². The standard InChI is InChI=1S/3C2HF3O2.3H2O.Tb/c3*3-2(4,5)1(6)7;;;;/h3*(H,6,7);3*1H2;. The van der Waals surface area contributed by atoms with Crippen LogP contribution in [0.15, 0.2) is 0 Å². The second-order valence-electron chi connectivity index (χ2n) is 2.41. The van der Waals surface area contributed by atoms with Gasteiger partial charge in [-0.05, 0) is 0 Å². The zero-order valence-electron chi connectivity index (χ0n) is 10.8. The van der Waals surface area contributed by atoms with Crippen LogP contribution in [0.2, 0.25) is 0 Å². The van der Waals surface area contributed by atoms with Crippen LogP contribution in [0.1, 0.15) is 0 Å². The van der Waals surface area contributed by atoms with E-state index in [1.165, 1.54) is 0 Å². The summed E-state index contributed by atoms with van der Waals surface area (Å²) >= 11 is 0. The van der Waals surface area contributed by atoms with E-state index in [9.17, 15) is 39.5 Å². The molecule has 0 heterocycles. The molecule has 9 nitrogen and oxygen atoms in total. The molecule has 0 aliphatic carbocycles. The molecule has 0 saturated carbocycles. The summed E-state index contributed by atoms with van der Waals surface area (Å²) in [5.41, 5.74) is 0. The van der Waals surface area contributed by atoms with Crippen LogP contribution < -0.4 is 0 Å². The van der Waals surface area contributed by atoms with E-state index in [2.05, 4.69) is 0 Å². The maximum Gasteiger partial charge on any atom is 0.490 e. The maximum absolute atomic E-state index is 10.6. The Balaban J connectivity index is -0.0000000360. The van der Waals surface area contributed by atoms with Gasteiger partial charge in [0, 0.05) is 38.6 Å². The molecule has 0 saturated heterocycles. The van der Waals surface area contributed by atoms with Crippen molar-refractivity contribution in [3.05, 3.63) is 0 Å². The minimum Gasteiger partial charge on any atom is -0.475 e. The number of aliphatic carboxylic acids is 3. The van der Waals surface area contributed by atoms with E-state index in [4.69, 9.17) is 29.7 Å². The predicted molar refractivity (Wildman–Crippen MR) is 51.9 cm³/mol. The molecule has 0 aromatic heterocycles. The van der Waals surface area contributed by atoms with Crippen LogP contribution in [-0.2, 0) is 14.4 Å². The summed E-state index contributed by atoms with van der Waals surface area (Å²) in [4.78, 5) is 26.7. The van der Waals surface area contributed by atoms with Crippen molar-refractivity contribution in [2.45, 2.75) is 18.5 Å². The molecule has 0 spiro atoms. The Morgan fingerprint density at radius 2 is 0.520 bits per heavy atom. The topological polar surface area (TPSA) is 206 Å². The number of carbonyl (C=O) groups is 3. The average Bonchev–Trinajstić information content (AvgIpc) is 2.14. The molecule has 19 heteroatoms. The zero-order valence-corrected chi connectivity index (χ0v) is 12.9. The van der Waals surface area contributed by atoms with E-state index < -0.39 is 36.4 Å². The third kappa shape index (κ3) is 35.1. The van der Waals surface area contributed by atoms with Gasteiger partial charge in [0.05, 0.1) is 0 Å². The minimum atomic E-state index is -5.08. The molecular formula is C6H9F9O9Tb. The molecule has 25 heavy (non-hydrogen) atoms. The molecular weight excluding hydrogens is 546 g/mol. The number of rotatable bonds is 0. The van der Waals surface area contributed by atoms with Crippen LogP contribution in [-0.4, -0.2) is 68.2 Å². The van der Waals surface area contributed by atoms with Gasteiger partial charge in [-0.2, -0.15) is 39.5 Å². The number of hydrogen-bond donors (Lipinski definition) is 3. The van der Waals surface area contributed by atoms with Gasteiger partial charge in [0.1, 0.15) is 0 Å². The average molecular weight is 555 g/mol. The number of carboxylic acids is 3. The van der Waals surface area contributed by atoms with Crippen LogP contribution in [0.4, 0.5) is 39.5 Å². The number of alkyl halides is 9. The van der Waals surface area contributed by atoms with E-state index >= 15 is 0 Å². The molecule has 0 aliphatic rings. The van der Waals surface area contributed by atoms with Crippen LogP contribution in [0, 0.1) is 38.6 Å². The summed E-state index contributed by atoms with van der Waals surface area (Å²) in [7, 11) is 0. The van der Waals surface area contributed by atoms with Crippen molar-refractivity contribution in [2.24, 2.45) is 0 Å². The largest absolute Gasteiger partial charge is 0.490 e. The zero-order chi connectivity index (χ0) is 18.2. The van der Waals surface area contributed by atoms with Gasteiger partial charge in [-0.15, -0.1) is 0 Å². The Hall–Kier alpha value is -1.05.